The largest absolute Gasteiger partial charge is 0.337 e. The molecule has 2 aliphatic rings. The van der Waals surface area contributed by atoms with E-state index < -0.39 is 0 Å². The number of carbonyl (C=O) groups excluding carboxylic acids is 1. The van der Waals surface area contributed by atoms with E-state index in [4.69, 9.17) is 4.84 Å². The summed E-state index contributed by atoms with van der Waals surface area (Å²) in [5.74, 6) is -0.306. The molecule has 0 radical (unpaired) electrons. The van der Waals surface area contributed by atoms with E-state index in [0.29, 0.717) is 0 Å². The average molecular weight is 237 g/mol. The molecule has 0 saturated carbocycles. The molecule has 1 unspecified atom stereocenters. The molecule has 3 nitrogen and oxygen atoms in total. The fourth-order valence-corrected chi connectivity index (χ4v) is 3.14. The van der Waals surface area contributed by atoms with Crippen LogP contribution in [0.2, 0.25) is 0 Å². The van der Waals surface area contributed by atoms with Crippen molar-refractivity contribution in [3.63, 3.8) is 0 Å². The molecule has 0 aromatic heterocycles. The highest BCUT2D eigenvalue weighted by molar-refractivity contribution is 8.18. The molecule has 0 bridgehead atoms. The number of hydrogen-bond donors (Lipinski definition) is 0. The third-order valence-electron chi connectivity index (χ3n) is 2.68. The number of hydroxylamine groups is 2. The van der Waals surface area contributed by atoms with Crippen LogP contribution in [0.15, 0.2) is 34.5 Å². The van der Waals surface area contributed by atoms with Crippen LogP contribution in [0.3, 0.4) is 0 Å². The van der Waals surface area contributed by atoms with Crippen molar-refractivity contribution in [1.82, 2.24) is 5.06 Å². The summed E-state index contributed by atoms with van der Waals surface area (Å²) in [6, 6.07) is 0. The Kier molecular flexibility index (Phi) is 2.76. The summed E-state index contributed by atoms with van der Waals surface area (Å²) in [5.41, 5.74) is 3.59. The predicted octanol–water partition coefficient (Wildman–Crippen LogP) is 2.56. The summed E-state index contributed by atoms with van der Waals surface area (Å²) in [6.45, 7) is 5.57. The summed E-state index contributed by atoms with van der Waals surface area (Å²) in [7, 11) is 0.193. The van der Waals surface area contributed by atoms with Crippen LogP contribution in [0.5, 0.6) is 0 Å². The van der Waals surface area contributed by atoms with Crippen molar-refractivity contribution in [2.24, 2.45) is 0 Å². The molecule has 16 heavy (non-hydrogen) atoms. The lowest BCUT2D eigenvalue weighted by Crippen LogP contribution is -2.20. The maximum atomic E-state index is 10.9. The van der Waals surface area contributed by atoms with Gasteiger partial charge in [0.1, 0.15) is 0 Å². The maximum absolute atomic E-state index is 10.9. The Morgan fingerprint density at radius 3 is 2.62 bits per heavy atom. The Balaban J connectivity index is 2.36. The van der Waals surface area contributed by atoms with Crippen LogP contribution in [-0.2, 0) is 9.63 Å². The summed E-state index contributed by atoms with van der Waals surface area (Å²) < 4.78 is 0. The first-order valence-electron chi connectivity index (χ1n) is 5.07. The minimum absolute atomic E-state index is 0.193. The van der Waals surface area contributed by atoms with Gasteiger partial charge in [-0.15, -0.1) is 0 Å². The molecule has 86 valence electrons. The van der Waals surface area contributed by atoms with E-state index in [1.807, 2.05) is 19.3 Å². The Hall–Kier alpha value is -1.29. The molecule has 0 aliphatic carbocycles. The van der Waals surface area contributed by atoms with Crippen molar-refractivity contribution >= 4 is 21.3 Å². The predicted molar refractivity (Wildman–Crippen MR) is 67.7 cm³/mol. The summed E-state index contributed by atoms with van der Waals surface area (Å²) in [4.78, 5) is 17.3. The highest BCUT2D eigenvalue weighted by atomic mass is 32.2. The van der Waals surface area contributed by atoms with Crippen molar-refractivity contribution in [1.29, 1.82) is 0 Å². The van der Waals surface area contributed by atoms with Gasteiger partial charge in [0.15, 0.2) is 0 Å². The zero-order valence-electron chi connectivity index (χ0n) is 9.90. The van der Waals surface area contributed by atoms with Gasteiger partial charge in [-0.2, -0.15) is 15.5 Å². The van der Waals surface area contributed by atoms with Gasteiger partial charge in [0.2, 0.25) is 0 Å². The van der Waals surface area contributed by atoms with Gasteiger partial charge in [-0.25, -0.2) is 4.79 Å². The van der Waals surface area contributed by atoms with Crippen molar-refractivity contribution < 1.29 is 9.63 Å². The van der Waals surface area contributed by atoms with Crippen molar-refractivity contribution in [3.8, 4) is 0 Å². The second-order valence-corrected chi connectivity index (χ2v) is 5.91. The standard InChI is InChI=1S/C12H15NO2S/c1-8-5-13(15-10(3)14)6-11-9(2)16(4)7-12(8)11/h5-7H,1-4H3. The van der Waals surface area contributed by atoms with E-state index in [1.54, 1.807) is 0 Å². The molecule has 0 N–H and O–H groups in total. The van der Waals surface area contributed by atoms with Gasteiger partial charge >= 0.3 is 5.97 Å². The first kappa shape index (κ1) is 11.2. The van der Waals surface area contributed by atoms with E-state index in [1.165, 1.54) is 28.0 Å². The SMILES string of the molecule is CC(=O)ON1C=C(C)C2=CS(C)=C(C)C2=C1. The lowest BCUT2D eigenvalue weighted by atomic mass is 9.98. The fraction of sp³-hybridized carbons (Fsp3) is 0.333. The molecule has 0 amide bonds. The minimum Gasteiger partial charge on any atom is -0.337 e. The monoisotopic (exact) mass is 237 g/mol. The van der Waals surface area contributed by atoms with Crippen LogP contribution in [-0.4, -0.2) is 22.2 Å². The number of nitrogens with zero attached hydrogens (tertiary/aromatic N) is 1. The van der Waals surface area contributed by atoms with Crippen LogP contribution in [0.25, 0.3) is 0 Å². The van der Waals surface area contributed by atoms with Crippen LogP contribution >= 0.6 is 10.5 Å². The molecular weight excluding hydrogens is 222 g/mol. The second-order valence-electron chi connectivity index (χ2n) is 3.94. The quantitative estimate of drug-likeness (QED) is 0.656. The third kappa shape index (κ3) is 1.85. The molecule has 2 heterocycles. The Morgan fingerprint density at radius 1 is 1.31 bits per heavy atom. The molecule has 0 fully saturated rings. The number of hydrogen-bond acceptors (Lipinski definition) is 3. The lowest BCUT2D eigenvalue weighted by Gasteiger charge is -2.22. The topological polar surface area (TPSA) is 29.5 Å². The molecule has 2 rings (SSSR count). The summed E-state index contributed by atoms with van der Waals surface area (Å²) in [6.07, 6.45) is 5.92. The van der Waals surface area contributed by atoms with E-state index in [9.17, 15) is 4.79 Å². The fourth-order valence-electron chi connectivity index (χ4n) is 1.78. The Bertz CT molecular complexity index is 483. The van der Waals surface area contributed by atoms with Gasteiger partial charge in [-0.3, -0.25) is 0 Å². The molecule has 0 saturated heterocycles. The zero-order valence-corrected chi connectivity index (χ0v) is 10.7. The maximum Gasteiger partial charge on any atom is 0.329 e. The van der Waals surface area contributed by atoms with Gasteiger partial charge in [0, 0.05) is 18.7 Å². The molecule has 4 heteroatoms. The van der Waals surface area contributed by atoms with Gasteiger partial charge in [-0.05, 0) is 41.5 Å². The van der Waals surface area contributed by atoms with Gasteiger partial charge in [-0.1, -0.05) is 0 Å². The van der Waals surface area contributed by atoms with Crippen molar-refractivity contribution in [3.05, 3.63) is 34.5 Å². The van der Waals surface area contributed by atoms with E-state index in [-0.39, 0.29) is 16.5 Å². The first-order valence-corrected chi connectivity index (χ1v) is 6.77. The van der Waals surface area contributed by atoms with Crippen molar-refractivity contribution in [2.75, 3.05) is 6.26 Å². The van der Waals surface area contributed by atoms with E-state index in [2.05, 4.69) is 18.6 Å². The smallest absolute Gasteiger partial charge is 0.329 e. The number of carbonyl (C=O) groups is 1. The molecule has 2 aliphatic heterocycles. The third-order valence-corrected chi connectivity index (χ3v) is 4.46. The molecule has 1 atom stereocenters. The lowest BCUT2D eigenvalue weighted by molar-refractivity contribution is -0.166. The molecular formula is C12H15NO2S. The molecule has 0 aromatic rings. The number of rotatable bonds is 1. The number of fused-ring (bicyclic) bond motifs is 1. The van der Waals surface area contributed by atoms with Crippen LogP contribution in [0, 0.1) is 0 Å². The molecule has 0 spiro atoms. The molecule has 0 aromatic carbocycles. The van der Waals surface area contributed by atoms with Crippen molar-refractivity contribution in [2.45, 2.75) is 20.8 Å². The normalized spacial score (nSPS) is 23.5. The minimum atomic E-state index is -0.306. The van der Waals surface area contributed by atoms with Crippen LogP contribution in [0.4, 0.5) is 0 Å². The zero-order chi connectivity index (χ0) is 11.9. The summed E-state index contributed by atoms with van der Waals surface area (Å²) in [5, 5.41) is 3.77. The highest BCUT2D eigenvalue weighted by Crippen LogP contribution is 2.38. The number of allylic oxidation sites excluding steroid dienone is 3. The average Bonchev–Trinajstić information content (AvgIpc) is 2.45. The van der Waals surface area contributed by atoms with Gasteiger partial charge < -0.3 is 4.84 Å². The van der Waals surface area contributed by atoms with E-state index >= 15 is 0 Å². The Labute approximate surface area is 98.0 Å². The summed E-state index contributed by atoms with van der Waals surface area (Å²) >= 11 is 0. The first-order chi connectivity index (χ1) is 7.49. The van der Waals surface area contributed by atoms with Gasteiger partial charge in [0.25, 0.3) is 0 Å². The second kappa shape index (κ2) is 3.94. The van der Waals surface area contributed by atoms with Crippen LogP contribution in [0.1, 0.15) is 20.8 Å². The highest BCUT2D eigenvalue weighted by Gasteiger charge is 2.22. The van der Waals surface area contributed by atoms with E-state index in [0.717, 1.165) is 5.57 Å². The van der Waals surface area contributed by atoms with Gasteiger partial charge in [0.05, 0.1) is 6.20 Å². The van der Waals surface area contributed by atoms with Crippen LogP contribution < -0.4 is 0 Å². The Morgan fingerprint density at radius 2 is 2.00 bits per heavy atom.